The van der Waals surface area contributed by atoms with E-state index in [9.17, 15) is 0 Å². The zero-order valence-electron chi connectivity index (χ0n) is 12.9. The molecule has 0 fully saturated rings. The van der Waals surface area contributed by atoms with Crippen LogP contribution in [0.25, 0.3) is 11.5 Å². The lowest BCUT2D eigenvalue weighted by molar-refractivity contribution is 0.466. The van der Waals surface area contributed by atoms with Gasteiger partial charge < -0.3 is 4.42 Å². The molecule has 114 valence electrons. The molecule has 3 rings (SSSR count). The zero-order chi connectivity index (χ0) is 16.2. The third-order valence-electron chi connectivity index (χ3n) is 3.61. The minimum atomic E-state index is 0.537. The molecule has 2 aromatic carbocycles. The molecule has 1 aromatic heterocycles. The first-order valence-electron chi connectivity index (χ1n) is 7.18. The molecule has 0 aliphatic heterocycles. The van der Waals surface area contributed by atoms with Gasteiger partial charge in [0.1, 0.15) is 0 Å². The molecule has 4 nitrogen and oxygen atoms in total. The molecule has 0 atom stereocenters. The SMILES string of the molecule is Cc1ccc(-c2nnc(SCc3ccc(C#N)cc3)o2)cc1C. The largest absolute Gasteiger partial charge is 0.411 e. The number of nitrogens with zero attached hydrogens (tertiary/aromatic N) is 3. The van der Waals surface area contributed by atoms with E-state index in [-0.39, 0.29) is 0 Å². The van der Waals surface area contributed by atoms with Gasteiger partial charge in [-0.3, -0.25) is 0 Å². The fraction of sp³-hybridized carbons (Fsp3) is 0.167. The molecule has 0 saturated heterocycles. The molecule has 0 N–H and O–H groups in total. The highest BCUT2D eigenvalue weighted by atomic mass is 32.2. The molecule has 23 heavy (non-hydrogen) atoms. The quantitative estimate of drug-likeness (QED) is 0.661. The van der Waals surface area contributed by atoms with E-state index in [1.165, 1.54) is 22.9 Å². The van der Waals surface area contributed by atoms with Crippen LogP contribution in [0.15, 0.2) is 52.1 Å². The molecular formula is C18H15N3OS. The van der Waals surface area contributed by atoms with Crippen molar-refractivity contribution in [3.8, 4) is 17.5 Å². The van der Waals surface area contributed by atoms with Crippen molar-refractivity contribution in [1.29, 1.82) is 5.26 Å². The van der Waals surface area contributed by atoms with Crippen molar-refractivity contribution in [3.05, 3.63) is 64.7 Å². The van der Waals surface area contributed by atoms with E-state index < -0.39 is 0 Å². The van der Waals surface area contributed by atoms with Crippen LogP contribution in [0.4, 0.5) is 0 Å². The number of thioether (sulfide) groups is 1. The number of hydrogen-bond donors (Lipinski definition) is 0. The van der Waals surface area contributed by atoms with Gasteiger partial charge in [0.15, 0.2) is 0 Å². The van der Waals surface area contributed by atoms with Crippen molar-refractivity contribution in [2.24, 2.45) is 0 Å². The Kier molecular flexibility index (Phi) is 4.45. The first-order valence-corrected chi connectivity index (χ1v) is 8.17. The Labute approximate surface area is 139 Å². The molecule has 0 aliphatic carbocycles. The van der Waals surface area contributed by atoms with Gasteiger partial charge >= 0.3 is 0 Å². The van der Waals surface area contributed by atoms with Crippen molar-refractivity contribution in [2.45, 2.75) is 24.8 Å². The molecule has 0 bridgehead atoms. The normalized spacial score (nSPS) is 10.5. The lowest BCUT2D eigenvalue weighted by Crippen LogP contribution is -1.83. The van der Waals surface area contributed by atoms with E-state index in [0.29, 0.717) is 16.7 Å². The third-order valence-corrected chi connectivity index (χ3v) is 4.50. The van der Waals surface area contributed by atoms with Gasteiger partial charge in [0.25, 0.3) is 5.22 Å². The molecule has 1 heterocycles. The first-order chi connectivity index (χ1) is 11.2. The molecule has 0 aliphatic rings. The molecule has 0 saturated carbocycles. The minimum absolute atomic E-state index is 0.537. The fourth-order valence-corrected chi connectivity index (χ4v) is 2.80. The molecule has 0 spiro atoms. The van der Waals surface area contributed by atoms with Crippen LogP contribution in [-0.4, -0.2) is 10.2 Å². The van der Waals surface area contributed by atoms with Crippen LogP contribution in [0, 0.1) is 25.2 Å². The molecule has 0 unspecified atom stereocenters. The third kappa shape index (κ3) is 3.61. The van der Waals surface area contributed by atoms with Gasteiger partial charge in [-0.25, -0.2) is 0 Å². The van der Waals surface area contributed by atoms with Gasteiger partial charge in [-0.1, -0.05) is 30.0 Å². The second-order valence-corrected chi connectivity index (χ2v) is 6.20. The summed E-state index contributed by atoms with van der Waals surface area (Å²) in [6.45, 7) is 4.14. The van der Waals surface area contributed by atoms with Gasteiger partial charge in [0.2, 0.25) is 5.89 Å². The van der Waals surface area contributed by atoms with E-state index in [1.807, 2.05) is 30.3 Å². The lowest BCUT2D eigenvalue weighted by atomic mass is 10.1. The Hall–Kier alpha value is -2.58. The van der Waals surface area contributed by atoms with E-state index >= 15 is 0 Å². The lowest BCUT2D eigenvalue weighted by Gasteiger charge is -2.01. The maximum atomic E-state index is 8.80. The zero-order valence-corrected chi connectivity index (χ0v) is 13.7. The van der Waals surface area contributed by atoms with Crippen molar-refractivity contribution in [1.82, 2.24) is 10.2 Å². The van der Waals surface area contributed by atoms with Gasteiger partial charge in [0, 0.05) is 11.3 Å². The Morgan fingerprint density at radius 3 is 2.52 bits per heavy atom. The molecule has 0 radical (unpaired) electrons. The summed E-state index contributed by atoms with van der Waals surface area (Å²) in [5, 5.41) is 17.5. The number of benzene rings is 2. The highest BCUT2D eigenvalue weighted by Gasteiger charge is 2.10. The summed E-state index contributed by atoms with van der Waals surface area (Å²) < 4.78 is 5.72. The standard InChI is InChI=1S/C18H15N3OS/c1-12-3-8-16(9-13(12)2)17-20-21-18(22-17)23-11-15-6-4-14(10-19)5-7-15/h3-9H,11H2,1-2H3. The number of nitriles is 1. The Bertz CT molecular complexity index is 863. The summed E-state index contributed by atoms with van der Waals surface area (Å²) in [6.07, 6.45) is 0. The summed E-state index contributed by atoms with van der Waals surface area (Å²) in [5.74, 6) is 1.26. The maximum Gasteiger partial charge on any atom is 0.277 e. The van der Waals surface area contributed by atoms with Crippen LogP contribution in [0.1, 0.15) is 22.3 Å². The summed E-state index contributed by atoms with van der Waals surface area (Å²) in [5.41, 5.74) is 5.15. The van der Waals surface area contributed by atoms with Gasteiger partial charge in [-0.2, -0.15) is 5.26 Å². The molecular weight excluding hydrogens is 306 g/mol. The van der Waals surface area contributed by atoms with Crippen LogP contribution >= 0.6 is 11.8 Å². The van der Waals surface area contributed by atoms with Crippen molar-refractivity contribution in [3.63, 3.8) is 0 Å². The summed E-state index contributed by atoms with van der Waals surface area (Å²) in [4.78, 5) is 0. The second-order valence-electron chi connectivity index (χ2n) is 5.27. The summed E-state index contributed by atoms with van der Waals surface area (Å²) >= 11 is 1.49. The monoisotopic (exact) mass is 321 g/mol. The number of hydrogen-bond acceptors (Lipinski definition) is 5. The highest BCUT2D eigenvalue weighted by molar-refractivity contribution is 7.98. The van der Waals surface area contributed by atoms with Gasteiger partial charge in [0.05, 0.1) is 11.6 Å². The van der Waals surface area contributed by atoms with Gasteiger partial charge in [-0.05, 0) is 54.8 Å². The van der Waals surface area contributed by atoms with E-state index in [2.05, 4.69) is 42.2 Å². The fourth-order valence-electron chi connectivity index (χ4n) is 2.08. The molecule has 0 amide bonds. The Balaban J connectivity index is 1.69. The Morgan fingerprint density at radius 2 is 1.83 bits per heavy atom. The predicted molar refractivity (Wildman–Crippen MR) is 89.9 cm³/mol. The number of rotatable bonds is 4. The number of aromatic nitrogens is 2. The second kappa shape index (κ2) is 6.67. The van der Waals surface area contributed by atoms with Gasteiger partial charge in [-0.15, -0.1) is 10.2 Å². The van der Waals surface area contributed by atoms with Crippen molar-refractivity contribution < 1.29 is 4.42 Å². The maximum absolute atomic E-state index is 8.80. The van der Waals surface area contributed by atoms with Crippen LogP contribution in [0.2, 0.25) is 0 Å². The predicted octanol–water partition coefficient (Wildman–Crippen LogP) is 4.52. The average Bonchev–Trinajstić information content (AvgIpc) is 3.05. The summed E-state index contributed by atoms with van der Waals surface area (Å²) in [7, 11) is 0. The molecule has 3 aromatic rings. The minimum Gasteiger partial charge on any atom is -0.411 e. The Morgan fingerprint density at radius 1 is 1.04 bits per heavy atom. The van der Waals surface area contributed by atoms with Crippen LogP contribution in [0.5, 0.6) is 0 Å². The summed E-state index contributed by atoms with van der Waals surface area (Å²) in [6, 6.07) is 15.7. The smallest absolute Gasteiger partial charge is 0.277 e. The first kappa shape index (κ1) is 15.3. The molecule has 5 heteroatoms. The van der Waals surface area contributed by atoms with E-state index in [1.54, 1.807) is 0 Å². The topological polar surface area (TPSA) is 62.7 Å². The highest BCUT2D eigenvalue weighted by Crippen LogP contribution is 2.26. The van der Waals surface area contributed by atoms with Crippen LogP contribution in [0.3, 0.4) is 0 Å². The van der Waals surface area contributed by atoms with Crippen LogP contribution < -0.4 is 0 Å². The average molecular weight is 321 g/mol. The van der Waals surface area contributed by atoms with E-state index in [4.69, 9.17) is 9.68 Å². The van der Waals surface area contributed by atoms with Crippen molar-refractivity contribution in [2.75, 3.05) is 0 Å². The number of aryl methyl sites for hydroxylation is 2. The van der Waals surface area contributed by atoms with E-state index in [0.717, 1.165) is 16.9 Å². The van der Waals surface area contributed by atoms with Crippen molar-refractivity contribution >= 4 is 11.8 Å². The van der Waals surface area contributed by atoms with Crippen LogP contribution in [-0.2, 0) is 5.75 Å².